The van der Waals surface area contributed by atoms with Crippen molar-refractivity contribution in [1.29, 1.82) is 0 Å². The molecule has 1 aliphatic rings. The van der Waals surface area contributed by atoms with Gasteiger partial charge in [0.15, 0.2) is 0 Å². The number of nitrogens with zero attached hydrogens (tertiary/aromatic N) is 1. The number of rotatable bonds is 2. The quantitative estimate of drug-likeness (QED) is 0.609. The molecular weight excluding hydrogens is 184 g/mol. The SMILES string of the molecule is CCCn1c2c(c(=O)[nH]c1=O)NCN2. The average molecular weight is 196 g/mol. The van der Waals surface area contributed by atoms with E-state index in [1.54, 1.807) is 0 Å². The summed E-state index contributed by atoms with van der Waals surface area (Å²) in [6, 6.07) is 0. The largest absolute Gasteiger partial charge is 0.360 e. The van der Waals surface area contributed by atoms with Gasteiger partial charge in [0.2, 0.25) is 0 Å². The van der Waals surface area contributed by atoms with Crippen molar-refractivity contribution in [2.75, 3.05) is 17.3 Å². The van der Waals surface area contributed by atoms with Crippen LogP contribution in [-0.2, 0) is 6.54 Å². The summed E-state index contributed by atoms with van der Waals surface area (Å²) in [4.78, 5) is 25.0. The van der Waals surface area contributed by atoms with Gasteiger partial charge in [0.1, 0.15) is 11.5 Å². The smallest absolute Gasteiger partial charge is 0.330 e. The Balaban J connectivity index is 2.66. The van der Waals surface area contributed by atoms with Gasteiger partial charge in [-0.1, -0.05) is 6.92 Å². The molecule has 2 rings (SSSR count). The Morgan fingerprint density at radius 3 is 2.86 bits per heavy atom. The van der Waals surface area contributed by atoms with Crippen molar-refractivity contribution >= 4 is 11.5 Å². The minimum absolute atomic E-state index is 0.355. The van der Waals surface area contributed by atoms with Crippen LogP contribution in [0.25, 0.3) is 0 Å². The molecule has 6 heteroatoms. The first-order valence-corrected chi connectivity index (χ1v) is 4.59. The Bertz CT molecular complexity index is 459. The third-order valence-corrected chi connectivity index (χ3v) is 2.17. The maximum atomic E-state index is 11.4. The van der Waals surface area contributed by atoms with Crippen LogP contribution in [0.4, 0.5) is 11.5 Å². The highest BCUT2D eigenvalue weighted by molar-refractivity contribution is 5.68. The molecule has 0 aromatic carbocycles. The molecule has 0 saturated carbocycles. The van der Waals surface area contributed by atoms with Crippen LogP contribution in [0.2, 0.25) is 0 Å². The summed E-state index contributed by atoms with van der Waals surface area (Å²) < 4.78 is 1.54. The van der Waals surface area contributed by atoms with E-state index >= 15 is 0 Å². The van der Waals surface area contributed by atoms with E-state index in [4.69, 9.17) is 0 Å². The summed E-state index contributed by atoms with van der Waals surface area (Å²) in [5.41, 5.74) is -0.257. The van der Waals surface area contributed by atoms with Crippen LogP contribution in [0.5, 0.6) is 0 Å². The lowest BCUT2D eigenvalue weighted by Gasteiger charge is -2.08. The van der Waals surface area contributed by atoms with Crippen LogP contribution in [0.15, 0.2) is 9.59 Å². The van der Waals surface area contributed by atoms with Crippen LogP contribution in [0.1, 0.15) is 13.3 Å². The number of hydrogen-bond acceptors (Lipinski definition) is 4. The number of aromatic nitrogens is 2. The minimum Gasteiger partial charge on any atom is -0.360 e. The fourth-order valence-electron chi connectivity index (χ4n) is 1.57. The average Bonchev–Trinajstić information content (AvgIpc) is 2.60. The molecule has 0 spiro atoms. The first-order chi connectivity index (χ1) is 6.74. The van der Waals surface area contributed by atoms with Gasteiger partial charge in [0.25, 0.3) is 5.56 Å². The van der Waals surface area contributed by atoms with Gasteiger partial charge in [0, 0.05) is 6.54 Å². The molecule has 2 heterocycles. The monoisotopic (exact) mass is 196 g/mol. The standard InChI is InChI=1S/C8H12N4O2/c1-2-3-12-6-5(9-4-10-6)7(13)11-8(12)14/h9-10H,2-4H2,1H3,(H,11,13,14). The Morgan fingerprint density at radius 2 is 2.14 bits per heavy atom. The van der Waals surface area contributed by atoms with E-state index in [0.29, 0.717) is 24.7 Å². The van der Waals surface area contributed by atoms with Gasteiger partial charge in [-0.25, -0.2) is 4.79 Å². The van der Waals surface area contributed by atoms with Gasteiger partial charge in [-0.15, -0.1) is 0 Å². The molecule has 0 fully saturated rings. The van der Waals surface area contributed by atoms with Crippen LogP contribution in [0.3, 0.4) is 0 Å². The van der Waals surface area contributed by atoms with E-state index in [9.17, 15) is 9.59 Å². The zero-order valence-corrected chi connectivity index (χ0v) is 7.89. The molecule has 1 aromatic rings. The molecule has 0 atom stereocenters. The maximum absolute atomic E-state index is 11.4. The highest BCUT2D eigenvalue weighted by atomic mass is 16.2. The predicted octanol–water partition coefficient (Wildman–Crippen LogP) is -0.259. The normalized spacial score (nSPS) is 13.2. The van der Waals surface area contributed by atoms with E-state index in [2.05, 4.69) is 15.6 Å². The lowest BCUT2D eigenvalue weighted by Crippen LogP contribution is -2.30. The second kappa shape index (κ2) is 3.21. The molecule has 1 aliphatic heterocycles. The summed E-state index contributed by atoms with van der Waals surface area (Å²) in [6.07, 6.45) is 0.847. The zero-order chi connectivity index (χ0) is 10.1. The molecule has 6 nitrogen and oxygen atoms in total. The molecule has 0 radical (unpaired) electrons. The summed E-state index contributed by atoms with van der Waals surface area (Å²) in [6.45, 7) is 3.07. The van der Waals surface area contributed by atoms with Gasteiger partial charge in [-0.2, -0.15) is 0 Å². The molecule has 0 bridgehead atoms. The molecule has 0 amide bonds. The number of anilines is 2. The third kappa shape index (κ3) is 1.19. The van der Waals surface area contributed by atoms with E-state index in [-0.39, 0.29) is 11.2 Å². The van der Waals surface area contributed by atoms with Gasteiger partial charge in [-0.3, -0.25) is 14.3 Å². The van der Waals surface area contributed by atoms with Crippen LogP contribution in [-0.4, -0.2) is 16.2 Å². The van der Waals surface area contributed by atoms with Crippen LogP contribution in [0, 0.1) is 0 Å². The first kappa shape index (κ1) is 8.86. The third-order valence-electron chi connectivity index (χ3n) is 2.17. The summed E-state index contributed by atoms with van der Waals surface area (Å²) in [5.74, 6) is 0.598. The first-order valence-electron chi connectivity index (χ1n) is 4.59. The summed E-state index contributed by atoms with van der Waals surface area (Å²) in [5, 5.41) is 5.85. The Morgan fingerprint density at radius 1 is 1.36 bits per heavy atom. The molecule has 0 saturated heterocycles. The summed E-state index contributed by atoms with van der Waals surface area (Å²) >= 11 is 0. The molecular formula is C8H12N4O2. The van der Waals surface area contributed by atoms with Gasteiger partial charge in [0.05, 0.1) is 6.67 Å². The highest BCUT2D eigenvalue weighted by Gasteiger charge is 2.18. The second-order valence-electron chi connectivity index (χ2n) is 3.16. The Kier molecular flexibility index (Phi) is 2.03. The van der Waals surface area contributed by atoms with Gasteiger partial charge < -0.3 is 10.6 Å². The molecule has 0 unspecified atom stereocenters. The zero-order valence-electron chi connectivity index (χ0n) is 7.89. The minimum atomic E-state index is -0.359. The van der Waals surface area contributed by atoms with Gasteiger partial charge in [-0.05, 0) is 6.42 Å². The van der Waals surface area contributed by atoms with Crippen LogP contribution < -0.4 is 21.9 Å². The van der Waals surface area contributed by atoms with Crippen molar-refractivity contribution in [3.05, 3.63) is 20.8 Å². The molecule has 0 aliphatic carbocycles. The second-order valence-corrected chi connectivity index (χ2v) is 3.16. The lowest BCUT2D eigenvalue weighted by atomic mass is 10.4. The molecule has 76 valence electrons. The summed E-state index contributed by atoms with van der Waals surface area (Å²) in [7, 11) is 0. The maximum Gasteiger partial charge on any atom is 0.330 e. The number of H-pyrrole nitrogens is 1. The number of nitrogens with one attached hydrogen (secondary N) is 3. The topological polar surface area (TPSA) is 78.9 Å². The molecule has 14 heavy (non-hydrogen) atoms. The number of hydrogen-bond donors (Lipinski definition) is 3. The van der Waals surface area contributed by atoms with E-state index < -0.39 is 0 Å². The fraction of sp³-hybridized carbons (Fsp3) is 0.500. The Labute approximate surface area is 80.0 Å². The predicted molar refractivity (Wildman–Crippen MR) is 53.7 cm³/mol. The van der Waals surface area contributed by atoms with Crippen molar-refractivity contribution in [2.24, 2.45) is 0 Å². The van der Waals surface area contributed by atoms with E-state index in [1.165, 1.54) is 4.57 Å². The van der Waals surface area contributed by atoms with Crippen molar-refractivity contribution in [3.8, 4) is 0 Å². The molecule has 1 aromatic heterocycles. The Hall–Kier alpha value is -1.72. The van der Waals surface area contributed by atoms with Crippen molar-refractivity contribution in [2.45, 2.75) is 19.9 Å². The van der Waals surface area contributed by atoms with Crippen molar-refractivity contribution < 1.29 is 0 Å². The molecule has 3 N–H and O–H groups in total. The van der Waals surface area contributed by atoms with E-state index in [1.807, 2.05) is 6.92 Å². The highest BCUT2D eigenvalue weighted by Crippen LogP contribution is 2.18. The lowest BCUT2D eigenvalue weighted by molar-refractivity contribution is 0.643. The van der Waals surface area contributed by atoms with E-state index in [0.717, 1.165) is 6.42 Å². The number of aromatic amines is 1. The van der Waals surface area contributed by atoms with Gasteiger partial charge >= 0.3 is 5.69 Å². The fourth-order valence-corrected chi connectivity index (χ4v) is 1.57. The number of fused-ring (bicyclic) bond motifs is 1. The van der Waals surface area contributed by atoms with Crippen molar-refractivity contribution in [3.63, 3.8) is 0 Å². The van der Waals surface area contributed by atoms with Crippen LogP contribution >= 0.6 is 0 Å². The van der Waals surface area contributed by atoms with Crippen molar-refractivity contribution in [1.82, 2.24) is 9.55 Å².